The Balaban J connectivity index is 2.33. The van der Waals surface area contributed by atoms with Crippen molar-refractivity contribution < 1.29 is 4.74 Å². The Morgan fingerprint density at radius 1 is 1.44 bits per heavy atom. The highest BCUT2D eigenvalue weighted by Crippen LogP contribution is 2.25. The lowest BCUT2D eigenvalue weighted by molar-refractivity contribution is 0.265. The molecule has 16 heavy (non-hydrogen) atoms. The van der Waals surface area contributed by atoms with Crippen LogP contribution in [0.5, 0.6) is 5.75 Å². The third-order valence-electron chi connectivity index (χ3n) is 2.70. The van der Waals surface area contributed by atoms with Gasteiger partial charge in [-0.1, -0.05) is 12.1 Å². The van der Waals surface area contributed by atoms with Crippen molar-refractivity contribution in [2.45, 2.75) is 12.6 Å². The second-order valence-electron chi connectivity index (χ2n) is 3.96. The maximum absolute atomic E-state index is 5.21. The predicted octanol–water partition coefficient (Wildman–Crippen LogP) is 1.19. The van der Waals surface area contributed by atoms with Crippen LogP contribution in [-0.4, -0.2) is 24.3 Å². The van der Waals surface area contributed by atoms with Crippen molar-refractivity contribution in [2.24, 2.45) is 0 Å². The maximum atomic E-state index is 5.21. The van der Waals surface area contributed by atoms with Crippen LogP contribution < -0.4 is 15.5 Å². The lowest BCUT2D eigenvalue weighted by atomic mass is 10.0. The van der Waals surface area contributed by atoms with E-state index < -0.39 is 0 Å². The van der Waals surface area contributed by atoms with Crippen LogP contribution in [-0.2, 0) is 5.66 Å². The molecule has 4 nitrogen and oxygen atoms in total. The molecule has 1 aliphatic heterocycles. The first-order chi connectivity index (χ1) is 7.55. The van der Waals surface area contributed by atoms with Gasteiger partial charge in [-0.25, -0.2) is 5.43 Å². The van der Waals surface area contributed by atoms with Crippen LogP contribution >= 0.6 is 12.2 Å². The van der Waals surface area contributed by atoms with Gasteiger partial charge >= 0.3 is 0 Å². The third kappa shape index (κ3) is 1.83. The first kappa shape index (κ1) is 11.2. The summed E-state index contributed by atoms with van der Waals surface area (Å²) in [5.41, 5.74) is 3.98. The number of nitrogens with zero attached hydrogens (tertiary/aromatic N) is 1. The smallest absolute Gasteiger partial charge is 0.185 e. The van der Waals surface area contributed by atoms with Crippen molar-refractivity contribution in [3.63, 3.8) is 0 Å². The Bertz CT molecular complexity index is 423. The summed E-state index contributed by atoms with van der Waals surface area (Å²) in [5, 5.41) is 5.72. The Labute approximate surface area is 101 Å². The van der Waals surface area contributed by atoms with Crippen molar-refractivity contribution in [1.29, 1.82) is 0 Å². The summed E-state index contributed by atoms with van der Waals surface area (Å²) >= 11 is 5.17. The fourth-order valence-electron chi connectivity index (χ4n) is 1.78. The number of hydrogen-bond acceptors (Lipinski definition) is 3. The molecule has 1 aromatic rings. The highest BCUT2D eigenvalue weighted by atomic mass is 32.1. The van der Waals surface area contributed by atoms with E-state index in [1.165, 1.54) is 0 Å². The Hall–Kier alpha value is -1.33. The van der Waals surface area contributed by atoms with Crippen molar-refractivity contribution in [3.8, 4) is 5.75 Å². The van der Waals surface area contributed by atoms with Crippen LogP contribution in [0.4, 0.5) is 0 Å². The fraction of sp³-hybridized carbons (Fsp3) is 0.364. The Kier molecular flexibility index (Phi) is 2.73. The molecular formula is C11H15N3OS. The summed E-state index contributed by atoms with van der Waals surface area (Å²) in [6.45, 7) is 2.04. The minimum atomic E-state index is -0.375. The summed E-state index contributed by atoms with van der Waals surface area (Å²) in [5.74, 6) is 0.836. The van der Waals surface area contributed by atoms with Gasteiger partial charge in [0.1, 0.15) is 11.4 Å². The summed E-state index contributed by atoms with van der Waals surface area (Å²) in [4.78, 5) is 0. The van der Waals surface area contributed by atoms with Crippen LogP contribution in [0.3, 0.4) is 0 Å². The van der Waals surface area contributed by atoms with E-state index in [4.69, 9.17) is 17.0 Å². The Morgan fingerprint density at radius 3 is 2.75 bits per heavy atom. The van der Waals surface area contributed by atoms with Crippen LogP contribution in [0.2, 0.25) is 0 Å². The molecule has 0 radical (unpaired) electrons. The number of nitrogens with one attached hydrogen (secondary N) is 2. The van der Waals surface area contributed by atoms with Gasteiger partial charge < -0.3 is 10.1 Å². The standard InChI is InChI=1S/C11H15N3OS/c1-11(12-10(16)14(2)13-11)8-5-4-6-9(7-8)15-3/h4-7,13H,1-3H3,(H,12,16)/t11-/m1/s1. The van der Waals surface area contributed by atoms with E-state index in [2.05, 4.69) is 10.7 Å². The van der Waals surface area contributed by atoms with E-state index in [9.17, 15) is 0 Å². The summed E-state index contributed by atoms with van der Waals surface area (Å²) in [6, 6.07) is 7.90. The van der Waals surface area contributed by atoms with Crippen LogP contribution in [0, 0.1) is 0 Å². The van der Waals surface area contributed by atoms with Crippen molar-refractivity contribution in [2.75, 3.05) is 14.2 Å². The Morgan fingerprint density at radius 2 is 2.19 bits per heavy atom. The number of hydrazine groups is 1. The monoisotopic (exact) mass is 237 g/mol. The first-order valence-electron chi connectivity index (χ1n) is 5.03. The molecule has 1 aromatic carbocycles. The highest BCUT2D eigenvalue weighted by molar-refractivity contribution is 7.80. The molecule has 0 unspecified atom stereocenters. The van der Waals surface area contributed by atoms with Gasteiger partial charge in [0.25, 0.3) is 0 Å². The summed E-state index contributed by atoms with van der Waals surface area (Å²) in [6.07, 6.45) is 0. The second-order valence-corrected chi connectivity index (χ2v) is 4.34. The lowest BCUT2D eigenvalue weighted by Crippen LogP contribution is -2.44. The van der Waals surface area contributed by atoms with E-state index in [1.807, 2.05) is 38.2 Å². The topological polar surface area (TPSA) is 36.5 Å². The molecule has 0 aliphatic carbocycles. The van der Waals surface area contributed by atoms with Gasteiger partial charge in [-0.3, -0.25) is 5.01 Å². The molecule has 2 N–H and O–H groups in total. The highest BCUT2D eigenvalue weighted by Gasteiger charge is 2.35. The third-order valence-corrected chi connectivity index (χ3v) is 3.08. The molecule has 0 aromatic heterocycles. The van der Waals surface area contributed by atoms with E-state index in [1.54, 1.807) is 12.1 Å². The quantitative estimate of drug-likeness (QED) is 0.756. The fourth-order valence-corrected chi connectivity index (χ4v) is 2.03. The normalized spacial score (nSPS) is 24.4. The molecule has 86 valence electrons. The summed E-state index contributed by atoms with van der Waals surface area (Å²) in [7, 11) is 3.55. The van der Waals surface area contributed by atoms with Gasteiger partial charge in [-0.2, -0.15) is 0 Å². The average Bonchev–Trinajstić information content (AvgIpc) is 2.54. The van der Waals surface area contributed by atoms with Crippen LogP contribution in [0.15, 0.2) is 24.3 Å². The van der Waals surface area contributed by atoms with Crippen LogP contribution in [0.1, 0.15) is 12.5 Å². The van der Waals surface area contributed by atoms with Gasteiger partial charge in [0, 0.05) is 7.05 Å². The lowest BCUT2D eigenvalue weighted by Gasteiger charge is -2.25. The number of benzene rings is 1. The molecule has 5 heteroatoms. The largest absolute Gasteiger partial charge is 0.497 e. The SMILES string of the molecule is COc1cccc([C@]2(C)NC(=S)N(C)N2)c1. The zero-order chi connectivity index (χ0) is 11.8. The van der Waals surface area contributed by atoms with Gasteiger partial charge in [0.2, 0.25) is 0 Å². The second kappa shape index (κ2) is 3.92. The van der Waals surface area contributed by atoms with E-state index in [0.717, 1.165) is 11.3 Å². The predicted molar refractivity (Wildman–Crippen MR) is 67.0 cm³/mol. The van der Waals surface area contributed by atoms with Crippen molar-refractivity contribution >= 4 is 17.3 Å². The number of hydrogen-bond donors (Lipinski definition) is 2. The van der Waals surface area contributed by atoms with Crippen molar-refractivity contribution in [3.05, 3.63) is 29.8 Å². The minimum Gasteiger partial charge on any atom is -0.497 e. The van der Waals surface area contributed by atoms with Crippen molar-refractivity contribution in [1.82, 2.24) is 15.8 Å². The van der Waals surface area contributed by atoms with Crippen LogP contribution in [0.25, 0.3) is 0 Å². The van der Waals surface area contributed by atoms with Gasteiger partial charge in [0.05, 0.1) is 7.11 Å². The average molecular weight is 237 g/mol. The molecular weight excluding hydrogens is 222 g/mol. The molecule has 0 amide bonds. The molecule has 1 aliphatic rings. The van der Waals surface area contributed by atoms with Gasteiger partial charge in [-0.05, 0) is 36.8 Å². The zero-order valence-electron chi connectivity index (χ0n) is 9.57. The molecule has 1 fully saturated rings. The zero-order valence-corrected chi connectivity index (χ0v) is 10.4. The van der Waals surface area contributed by atoms with E-state index in [-0.39, 0.29) is 5.66 Å². The van der Waals surface area contributed by atoms with E-state index >= 15 is 0 Å². The molecule has 1 heterocycles. The summed E-state index contributed by atoms with van der Waals surface area (Å²) < 4.78 is 5.21. The molecule has 0 saturated carbocycles. The molecule has 0 bridgehead atoms. The molecule has 2 rings (SSSR count). The molecule has 0 spiro atoms. The molecule has 1 atom stereocenters. The maximum Gasteiger partial charge on any atom is 0.185 e. The first-order valence-corrected chi connectivity index (χ1v) is 5.44. The van der Waals surface area contributed by atoms with Gasteiger partial charge in [-0.15, -0.1) is 0 Å². The van der Waals surface area contributed by atoms with E-state index in [0.29, 0.717) is 5.11 Å². The molecule has 1 saturated heterocycles. The number of rotatable bonds is 2. The number of ether oxygens (including phenoxy) is 1. The van der Waals surface area contributed by atoms with Gasteiger partial charge in [0.15, 0.2) is 5.11 Å². The number of thiocarbonyl (C=S) groups is 1. The number of methoxy groups -OCH3 is 1. The minimum absolute atomic E-state index is 0.375.